The van der Waals surface area contributed by atoms with E-state index in [1.807, 2.05) is 0 Å². The fourth-order valence-electron chi connectivity index (χ4n) is 1.53. The molecule has 2 saturated carbocycles. The lowest BCUT2D eigenvalue weighted by Crippen LogP contribution is -2.18. The van der Waals surface area contributed by atoms with Gasteiger partial charge in [0.15, 0.2) is 4.58 Å². The van der Waals surface area contributed by atoms with Crippen molar-refractivity contribution in [1.29, 1.82) is 0 Å². The van der Waals surface area contributed by atoms with E-state index in [9.17, 15) is 4.39 Å². The third kappa shape index (κ3) is 0.409. The Morgan fingerprint density at radius 3 is 1.88 bits per heavy atom. The van der Waals surface area contributed by atoms with Gasteiger partial charge in [0.2, 0.25) is 0 Å². The zero-order valence-electron chi connectivity index (χ0n) is 4.58. The molecule has 0 aliphatic heterocycles. The average molecular weight is 179 g/mol. The number of halogens is 2. The maximum atomic E-state index is 12.8. The molecular formula is C6H8BrF. The van der Waals surface area contributed by atoms with Crippen molar-refractivity contribution in [3.63, 3.8) is 0 Å². The normalized spacial score (nSPS) is 48.8. The molecule has 0 radical (unpaired) electrons. The summed E-state index contributed by atoms with van der Waals surface area (Å²) < 4.78 is 11.9. The van der Waals surface area contributed by atoms with E-state index in [1.54, 1.807) is 0 Å². The first-order chi connectivity index (χ1) is 3.66. The highest BCUT2D eigenvalue weighted by Crippen LogP contribution is 2.73. The van der Waals surface area contributed by atoms with Gasteiger partial charge in [0.05, 0.1) is 0 Å². The molecule has 2 aliphatic carbocycles. The minimum absolute atomic E-state index is 0.118. The van der Waals surface area contributed by atoms with E-state index in [-0.39, 0.29) is 5.41 Å². The summed E-state index contributed by atoms with van der Waals surface area (Å²) in [5.41, 5.74) is 0.118. The average Bonchev–Trinajstić information content (AvgIpc) is 2.05. The molecule has 1 atom stereocenters. The predicted molar refractivity (Wildman–Crippen MR) is 33.7 cm³/mol. The van der Waals surface area contributed by atoms with Gasteiger partial charge >= 0.3 is 0 Å². The van der Waals surface area contributed by atoms with Crippen LogP contribution in [0.15, 0.2) is 0 Å². The number of rotatable bonds is 0. The van der Waals surface area contributed by atoms with Gasteiger partial charge in [0.25, 0.3) is 0 Å². The molecule has 0 aromatic heterocycles. The Morgan fingerprint density at radius 2 is 1.88 bits per heavy atom. The lowest BCUT2D eigenvalue weighted by atomic mass is 9.82. The molecule has 0 aromatic rings. The van der Waals surface area contributed by atoms with Crippen LogP contribution < -0.4 is 0 Å². The van der Waals surface area contributed by atoms with Crippen LogP contribution in [0.5, 0.6) is 0 Å². The zero-order chi connectivity index (χ0) is 5.83. The van der Waals surface area contributed by atoms with Crippen LogP contribution >= 0.6 is 15.9 Å². The fourth-order valence-corrected chi connectivity index (χ4v) is 2.46. The molecule has 1 spiro atoms. The van der Waals surface area contributed by atoms with Crippen molar-refractivity contribution >= 4 is 15.9 Å². The second-order valence-corrected chi connectivity index (χ2v) is 4.27. The summed E-state index contributed by atoms with van der Waals surface area (Å²) >= 11 is 3.05. The van der Waals surface area contributed by atoms with Gasteiger partial charge in [0, 0.05) is 11.8 Å². The molecule has 0 N–H and O–H groups in total. The third-order valence-electron chi connectivity index (χ3n) is 2.52. The van der Waals surface area contributed by atoms with Gasteiger partial charge in [-0.1, -0.05) is 6.42 Å². The number of alkyl halides is 2. The van der Waals surface area contributed by atoms with E-state index >= 15 is 0 Å². The molecule has 8 heavy (non-hydrogen) atoms. The molecule has 0 saturated heterocycles. The monoisotopic (exact) mass is 178 g/mol. The van der Waals surface area contributed by atoms with Crippen molar-refractivity contribution in [3.8, 4) is 0 Å². The maximum absolute atomic E-state index is 12.8. The van der Waals surface area contributed by atoms with Gasteiger partial charge in [-0.2, -0.15) is 0 Å². The molecule has 0 amide bonds. The van der Waals surface area contributed by atoms with Crippen molar-refractivity contribution in [2.24, 2.45) is 5.41 Å². The predicted octanol–water partition coefficient (Wildman–Crippen LogP) is 2.62. The highest BCUT2D eigenvalue weighted by Gasteiger charge is 2.69. The van der Waals surface area contributed by atoms with E-state index < -0.39 is 4.58 Å². The van der Waals surface area contributed by atoms with Crippen molar-refractivity contribution in [2.45, 2.75) is 30.3 Å². The first-order valence-electron chi connectivity index (χ1n) is 3.04. The second kappa shape index (κ2) is 1.13. The number of hydrogen-bond acceptors (Lipinski definition) is 0. The van der Waals surface area contributed by atoms with Gasteiger partial charge in [-0.15, -0.1) is 0 Å². The van der Waals surface area contributed by atoms with Crippen molar-refractivity contribution in [1.82, 2.24) is 0 Å². The lowest BCUT2D eigenvalue weighted by molar-refractivity contribution is 0.213. The summed E-state index contributed by atoms with van der Waals surface area (Å²) in [6.07, 6.45) is 4.21. The van der Waals surface area contributed by atoms with Crippen LogP contribution in [-0.2, 0) is 0 Å². The van der Waals surface area contributed by atoms with Gasteiger partial charge in [-0.3, -0.25) is 0 Å². The summed E-state index contributed by atoms with van der Waals surface area (Å²) in [4.78, 5) is 0. The first kappa shape index (κ1) is 5.21. The smallest absolute Gasteiger partial charge is 0.171 e. The molecular weight excluding hydrogens is 171 g/mol. The van der Waals surface area contributed by atoms with Crippen LogP contribution in [-0.4, -0.2) is 4.58 Å². The highest BCUT2D eigenvalue weighted by atomic mass is 79.9. The molecule has 0 aromatic carbocycles. The van der Waals surface area contributed by atoms with Crippen LogP contribution in [0.4, 0.5) is 4.39 Å². The van der Waals surface area contributed by atoms with Crippen LogP contribution in [0.1, 0.15) is 25.7 Å². The van der Waals surface area contributed by atoms with Gasteiger partial charge < -0.3 is 0 Å². The third-order valence-corrected chi connectivity index (χ3v) is 3.64. The van der Waals surface area contributed by atoms with Crippen molar-refractivity contribution in [2.75, 3.05) is 0 Å². The highest BCUT2D eigenvalue weighted by molar-refractivity contribution is 9.10. The Bertz CT molecular complexity index is 126. The van der Waals surface area contributed by atoms with Crippen LogP contribution in [0.2, 0.25) is 0 Å². The molecule has 46 valence electrons. The summed E-state index contributed by atoms with van der Waals surface area (Å²) in [6, 6.07) is 0. The summed E-state index contributed by atoms with van der Waals surface area (Å²) in [6.45, 7) is 0. The summed E-state index contributed by atoms with van der Waals surface area (Å²) in [5.74, 6) is 0. The van der Waals surface area contributed by atoms with E-state index in [1.165, 1.54) is 6.42 Å². The molecule has 2 heteroatoms. The van der Waals surface area contributed by atoms with Crippen molar-refractivity contribution in [3.05, 3.63) is 0 Å². The standard InChI is InChI=1S/C6H8BrF/c7-6(8)4-5(6)2-1-3-5/h1-4H2. The quantitative estimate of drug-likeness (QED) is 0.501. The molecule has 2 rings (SSSR count). The van der Waals surface area contributed by atoms with E-state index in [0.29, 0.717) is 0 Å². The Hall–Kier alpha value is 0.410. The van der Waals surface area contributed by atoms with Crippen LogP contribution in [0.25, 0.3) is 0 Å². The van der Waals surface area contributed by atoms with E-state index in [0.717, 1.165) is 19.3 Å². The van der Waals surface area contributed by atoms with Gasteiger partial charge in [-0.05, 0) is 28.8 Å². The van der Waals surface area contributed by atoms with Gasteiger partial charge in [-0.25, -0.2) is 4.39 Å². The minimum atomic E-state index is -0.946. The Morgan fingerprint density at radius 1 is 1.38 bits per heavy atom. The SMILES string of the molecule is FC1(Br)CC12CCC2. The van der Waals surface area contributed by atoms with Crippen LogP contribution in [0, 0.1) is 5.41 Å². The molecule has 1 unspecified atom stereocenters. The second-order valence-electron chi connectivity index (χ2n) is 3.02. The summed E-state index contributed by atoms with van der Waals surface area (Å²) in [7, 11) is 0. The molecule has 0 bridgehead atoms. The minimum Gasteiger partial charge on any atom is -0.231 e. The maximum Gasteiger partial charge on any atom is 0.171 e. The van der Waals surface area contributed by atoms with Crippen LogP contribution in [0.3, 0.4) is 0 Å². The molecule has 0 heterocycles. The fraction of sp³-hybridized carbons (Fsp3) is 1.00. The van der Waals surface area contributed by atoms with Crippen molar-refractivity contribution < 1.29 is 4.39 Å². The van der Waals surface area contributed by atoms with E-state index in [4.69, 9.17) is 0 Å². The van der Waals surface area contributed by atoms with Gasteiger partial charge in [0.1, 0.15) is 0 Å². The first-order valence-corrected chi connectivity index (χ1v) is 3.84. The largest absolute Gasteiger partial charge is 0.231 e. The Balaban J connectivity index is 2.12. The Kier molecular flexibility index (Phi) is 0.737. The summed E-state index contributed by atoms with van der Waals surface area (Å²) in [5, 5.41) is 0. The zero-order valence-corrected chi connectivity index (χ0v) is 6.17. The molecule has 0 nitrogen and oxygen atoms in total. The Labute approximate surface area is 56.6 Å². The molecule has 2 aliphatic rings. The van der Waals surface area contributed by atoms with E-state index in [2.05, 4.69) is 15.9 Å². The number of hydrogen-bond donors (Lipinski definition) is 0. The topological polar surface area (TPSA) is 0 Å². The molecule has 2 fully saturated rings. The lowest BCUT2D eigenvalue weighted by Gasteiger charge is -2.25.